The Bertz CT molecular complexity index is 933. The summed E-state index contributed by atoms with van der Waals surface area (Å²) in [5.74, 6) is 1.86. The van der Waals surface area contributed by atoms with Gasteiger partial charge in [-0.3, -0.25) is 4.79 Å². The van der Waals surface area contributed by atoms with E-state index in [9.17, 15) is 9.18 Å². The molecule has 3 heterocycles. The van der Waals surface area contributed by atoms with Crippen molar-refractivity contribution >= 4 is 11.7 Å². The quantitative estimate of drug-likeness (QED) is 0.734. The van der Waals surface area contributed by atoms with E-state index < -0.39 is 0 Å². The lowest BCUT2D eigenvalue weighted by molar-refractivity contribution is -0.116. The van der Waals surface area contributed by atoms with Crippen LogP contribution in [0.1, 0.15) is 18.1 Å². The van der Waals surface area contributed by atoms with Gasteiger partial charge in [-0.1, -0.05) is 12.1 Å². The molecule has 2 N–H and O–H groups in total. The third kappa shape index (κ3) is 3.36. The summed E-state index contributed by atoms with van der Waals surface area (Å²) in [6.45, 7) is 2.32. The Balaban J connectivity index is 1.37. The highest BCUT2D eigenvalue weighted by molar-refractivity contribution is 5.89. The van der Waals surface area contributed by atoms with Crippen LogP contribution in [0.4, 0.5) is 10.2 Å². The van der Waals surface area contributed by atoms with Crippen LogP contribution >= 0.6 is 0 Å². The molecule has 0 radical (unpaired) electrons. The largest absolute Gasteiger partial charge is 0.441 e. The second kappa shape index (κ2) is 7.09. The summed E-state index contributed by atoms with van der Waals surface area (Å²) in [5, 5.41) is 6.10. The molecule has 0 bridgehead atoms. The molecule has 26 heavy (non-hydrogen) atoms. The monoisotopic (exact) mass is 355 g/mol. The van der Waals surface area contributed by atoms with E-state index in [1.165, 1.54) is 12.3 Å². The van der Waals surface area contributed by atoms with Crippen LogP contribution in [-0.2, 0) is 24.3 Å². The van der Waals surface area contributed by atoms with Crippen LogP contribution in [0.3, 0.4) is 0 Å². The normalized spacial score (nSPS) is 13.4. The molecule has 0 saturated heterocycles. The highest BCUT2D eigenvalue weighted by Crippen LogP contribution is 2.23. The number of halogens is 1. The van der Waals surface area contributed by atoms with Gasteiger partial charge in [0, 0.05) is 25.9 Å². The maximum atomic E-state index is 13.8. The second-order valence-electron chi connectivity index (χ2n) is 6.03. The summed E-state index contributed by atoms with van der Waals surface area (Å²) in [5.41, 5.74) is 0.357. The van der Waals surface area contributed by atoms with Crippen molar-refractivity contribution < 1.29 is 13.6 Å². The number of oxazole rings is 1. The molecule has 0 unspecified atom stereocenters. The number of carbonyl (C=O) groups is 1. The number of aryl methyl sites for hydroxylation is 1. The number of anilines is 1. The highest BCUT2D eigenvalue weighted by Gasteiger charge is 2.16. The first-order valence-corrected chi connectivity index (χ1v) is 8.45. The van der Waals surface area contributed by atoms with E-state index in [2.05, 4.69) is 20.6 Å². The number of nitrogens with zero attached hydrogens (tertiary/aromatic N) is 3. The van der Waals surface area contributed by atoms with E-state index in [1.807, 2.05) is 4.57 Å². The molecule has 2 aromatic heterocycles. The van der Waals surface area contributed by atoms with Crippen molar-refractivity contribution in [3.63, 3.8) is 0 Å². The summed E-state index contributed by atoms with van der Waals surface area (Å²) >= 11 is 0. The summed E-state index contributed by atoms with van der Waals surface area (Å²) in [6.07, 6.45) is 3.70. The first-order chi connectivity index (χ1) is 12.7. The number of fused-ring (bicyclic) bond motifs is 1. The molecule has 1 amide bonds. The Labute approximate surface area is 149 Å². The first kappa shape index (κ1) is 16.5. The smallest absolute Gasteiger partial charge is 0.226 e. The zero-order chi connectivity index (χ0) is 17.9. The summed E-state index contributed by atoms with van der Waals surface area (Å²) < 4.78 is 21.3. The lowest BCUT2D eigenvalue weighted by Gasteiger charge is -2.17. The van der Waals surface area contributed by atoms with Gasteiger partial charge < -0.3 is 19.6 Å². The number of nitrogens with one attached hydrogen (secondary N) is 2. The van der Waals surface area contributed by atoms with Crippen molar-refractivity contribution in [2.45, 2.75) is 25.9 Å². The molecule has 4 rings (SSSR count). The molecule has 8 heteroatoms. The van der Waals surface area contributed by atoms with Gasteiger partial charge in [-0.2, -0.15) is 0 Å². The van der Waals surface area contributed by atoms with Crippen LogP contribution in [0.5, 0.6) is 0 Å². The van der Waals surface area contributed by atoms with Gasteiger partial charge in [-0.05, 0) is 12.1 Å². The number of imidazole rings is 1. The minimum Gasteiger partial charge on any atom is -0.441 e. The van der Waals surface area contributed by atoms with E-state index in [0.29, 0.717) is 36.0 Å². The molecule has 1 aliphatic heterocycles. The number of rotatable bonds is 5. The van der Waals surface area contributed by atoms with Crippen LogP contribution in [0.15, 0.2) is 41.1 Å². The average Bonchev–Trinajstić information content (AvgIpc) is 3.28. The minimum atomic E-state index is -0.368. The van der Waals surface area contributed by atoms with Crippen LogP contribution in [-0.4, -0.2) is 27.0 Å². The standard InChI is InChI=1S/C18H18FN5O2/c19-13-4-2-1-3-12(13)14-9-22-18(26-14)6-5-17(25)23-16-11-21-15-10-20-7-8-24(15)16/h1-4,9,11,20H,5-8,10H2,(H,23,25). The SMILES string of the molecule is O=C(CCc1ncc(-c2ccccc2F)o1)Nc1cnc2n1CCNC2. The summed E-state index contributed by atoms with van der Waals surface area (Å²) in [6, 6.07) is 6.35. The molecule has 1 aliphatic rings. The zero-order valence-corrected chi connectivity index (χ0v) is 14.0. The van der Waals surface area contributed by atoms with Crippen molar-refractivity contribution in [1.82, 2.24) is 19.9 Å². The number of carbonyl (C=O) groups excluding carboxylic acids is 1. The average molecular weight is 355 g/mol. The number of benzene rings is 1. The maximum Gasteiger partial charge on any atom is 0.226 e. The Morgan fingerprint density at radius 3 is 3.08 bits per heavy atom. The second-order valence-corrected chi connectivity index (χ2v) is 6.03. The molecular formula is C18H18FN5O2. The lowest BCUT2D eigenvalue weighted by atomic mass is 10.2. The van der Waals surface area contributed by atoms with Crippen molar-refractivity contribution in [1.29, 1.82) is 0 Å². The molecule has 0 spiro atoms. The highest BCUT2D eigenvalue weighted by atomic mass is 19.1. The van der Waals surface area contributed by atoms with Gasteiger partial charge in [0.05, 0.1) is 24.5 Å². The third-order valence-corrected chi connectivity index (χ3v) is 4.26. The van der Waals surface area contributed by atoms with Crippen LogP contribution in [0.2, 0.25) is 0 Å². The number of amides is 1. The number of aromatic nitrogens is 3. The van der Waals surface area contributed by atoms with E-state index >= 15 is 0 Å². The maximum absolute atomic E-state index is 13.8. The predicted molar refractivity (Wildman–Crippen MR) is 92.8 cm³/mol. The van der Waals surface area contributed by atoms with Gasteiger partial charge in [0.1, 0.15) is 17.5 Å². The lowest BCUT2D eigenvalue weighted by Crippen LogP contribution is -2.29. The van der Waals surface area contributed by atoms with E-state index in [0.717, 1.165) is 18.9 Å². The van der Waals surface area contributed by atoms with Gasteiger partial charge >= 0.3 is 0 Å². The Hall–Kier alpha value is -3.00. The molecular weight excluding hydrogens is 337 g/mol. The van der Waals surface area contributed by atoms with Crippen molar-refractivity contribution in [2.75, 3.05) is 11.9 Å². The molecule has 0 saturated carbocycles. The van der Waals surface area contributed by atoms with Crippen LogP contribution in [0.25, 0.3) is 11.3 Å². The van der Waals surface area contributed by atoms with Gasteiger partial charge in [0.25, 0.3) is 0 Å². The molecule has 0 aliphatic carbocycles. The number of hydrogen-bond donors (Lipinski definition) is 2. The Morgan fingerprint density at radius 1 is 1.31 bits per heavy atom. The van der Waals surface area contributed by atoms with Gasteiger partial charge in [0.2, 0.25) is 5.91 Å². The van der Waals surface area contributed by atoms with E-state index in [4.69, 9.17) is 4.42 Å². The van der Waals surface area contributed by atoms with Gasteiger partial charge in [-0.25, -0.2) is 14.4 Å². The number of hydrogen-bond acceptors (Lipinski definition) is 5. The molecule has 134 valence electrons. The van der Waals surface area contributed by atoms with E-state index in [1.54, 1.807) is 24.4 Å². The van der Waals surface area contributed by atoms with Crippen molar-refractivity contribution in [3.8, 4) is 11.3 Å². The van der Waals surface area contributed by atoms with Gasteiger partial charge in [0.15, 0.2) is 11.7 Å². The van der Waals surface area contributed by atoms with Gasteiger partial charge in [-0.15, -0.1) is 0 Å². The molecule has 7 nitrogen and oxygen atoms in total. The molecule has 0 atom stereocenters. The molecule has 1 aromatic carbocycles. The molecule has 0 fully saturated rings. The third-order valence-electron chi connectivity index (χ3n) is 4.26. The zero-order valence-electron chi connectivity index (χ0n) is 14.0. The van der Waals surface area contributed by atoms with Crippen LogP contribution in [0, 0.1) is 5.82 Å². The van der Waals surface area contributed by atoms with Crippen molar-refractivity contribution in [2.24, 2.45) is 0 Å². The minimum absolute atomic E-state index is 0.142. The Morgan fingerprint density at radius 2 is 2.19 bits per heavy atom. The summed E-state index contributed by atoms with van der Waals surface area (Å²) in [4.78, 5) is 20.6. The summed E-state index contributed by atoms with van der Waals surface area (Å²) in [7, 11) is 0. The van der Waals surface area contributed by atoms with Crippen LogP contribution < -0.4 is 10.6 Å². The fourth-order valence-corrected chi connectivity index (χ4v) is 2.93. The predicted octanol–water partition coefficient (Wildman–Crippen LogP) is 2.35. The fraction of sp³-hybridized carbons (Fsp3) is 0.278. The fourth-order valence-electron chi connectivity index (χ4n) is 2.93. The Kier molecular flexibility index (Phi) is 4.49. The molecule has 3 aromatic rings. The first-order valence-electron chi connectivity index (χ1n) is 8.45. The van der Waals surface area contributed by atoms with E-state index in [-0.39, 0.29) is 18.1 Å². The van der Waals surface area contributed by atoms with Crippen molar-refractivity contribution in [3.05, 3.63) is 54.2 Å². The topological polar surface area (TPSA) is 85.0 Å².